The van der Waals surface area contributed by atoms with Crippen LogP contribution < -0.4 is 15.5 Å². The Balaban J connectivity index is 1.92. The van der Waals surface area contributed by atoms with E-state index in [9.17, 15) is 0 Å². The first kappa shape index (κ1) is 20.0. The normalized spacial score (nSPS) is 15.8. The molecule has 0 aliphatic carbocycles. The molecular formula is C22H21N9. The quantitative estimate of drug-likeness (QED) is 0.432. The lowest BCUT2D eigenvalue weighted by molar-refractivity contribution is 0.752. The summed E-state index contributed by atoms with van der Waals surface area (Å²) in [6.45, 7) is 4.10. The minimum Gasteiger partial charge on any atom is -0.382 e. The molecule has 1 atom stereocenters. The van der Waals surface area contributed by atoms with Gasteiger partial charge in [0.1, 0.15) is 23.2 Å². The van der Waals surface area contributed by atoms with Gasteiger partial charge in [-0.2, -0.15) is 5.26 Å². The summed E-state index contributed by atoms with van der Waals surface area (Å²) in [5.74, 6) is 1.32. The number of pyridine rings is 1. The van der Waals surface area contributed by atoms with E-state index in [1.54, 1.807) is 36.2 Å². The molecule has 0 fully saturated rings. The smallest absolute Gasteiger partial charge is 0.158 e. The first-order chi connectivity index (χ1) is 14.9. The summed E-state index contributed by atoms with van der Waals surface area (Å²) >= 11 is 0. The molecule has 2 aromatic heterocycles. The van der Waals surface area contributed by atoms with Crippen LogP contribution >= 0.6 is 0 Å². The van der Waals surface area contributed by atoms with Gasteiger partial charge in [-0.15, -0.1) is 0 Å². The molecular weight excluding hydrogens is 390 g/mol. The van der Waals surface area contributed by atoms with Crippen LogP contribution in [0.4, 0.5) is 23.0 Å². The second-order valence-corrected chi connectivity index (χ2v) is 7.34. The third-order valence-electron chi connectivity index (χ3n) is 5.09. The molecule has 0 spiro atoms. The minimum absolute atomic E-state index is 0.162. The zero-order valence-corrected chi connectivity index (χ0v) is 17.2. The number of nitriles is 1. The number of nitrogens with one attached hydrogen (secondary N) is 2. The lowest BCUT2D eigenvalue weighted by Crippen LogP contribution is -2.38. The van der Waals surface area contributed by atoms with Crippen LogP contribution in [0, 0.1) is 28.1 Å². The number of nitrogens with two attached hydrogens (primary N) is 1. The zero-order chi connectivity index (χ0) is 22.1. The monoisotopic (exact) mass is 411 g/mol. The molecule has 0 saturated carbocycles. The molecule has 9 heteroatoms. The molecule has 3 heterocycles. The van der Waals surface area contributed by atoms with Crippen LogP contribution in [0.2, 0.25) is 0 Å². The maximum absolute atomic E-state index is 9.14. The van der Waals surface area contributed by atoms with Crippen molar-refractivity contribution < 1.29 is 0 Å². The van der Waals surface area contributed by atoms with Gasteiger partial charge in [0.05, 0.1) is 35.4 Å². The second kappa shape index (κ2) is 7.84. The van der Waals surface area contributed by atoms with E-state index in [1.807, 2.05) is 30.0 Å². The van der Waals surface area contributed by atoms with Crippen LogP contribution in [-0.4, -0.2) is 33.2 Å². The molecule has 0 amide bonds. The van der Waals surface area contributed by atoms with E-state index >= 15 is 0 Å². The van der Waals surface area contributed by atoms with E-state index in [-0.39, 0.29) is 11.8 Å². The molecule has 4 rings (SSSR count). The van der Waals surface area contributed by atoms with Gasteiger partial charge in [0.25, 0.3) is 0 Å². The van der Waals surface area contributed by atoms with E-state index in [1.165, 1.54) is 6.20 Å². The number of nitrogen functional groups attached to an aromatic ring is 1. The van der Waals surface area contributed by atoms with Crippen LogP contribution in [-0.2, 0) is 0 Å². The number of aromatic nitrogens is 3. The van der Waals surface area contributed by atoms with Gasteiger partial charge < -0.3 is 10.6 Å². The summed E-state index contributed by atoms with van der Waals surface area (Å²) in [6, 6.07) is 13.0. The van der Waals surface area contributed by atoms with Crippen molar-refractivity contribution in [2.24, 2.45) is 5.92 Å². The Bertz CT molecular complexity index is 1190. The second-order valence-electron chi connectivity index (χ2n) is 7.34. The van der Waals surface area contributed by atoms with E-state index in [0.717, 1.165) is 5.69 Å². The van der Waals surface area contributed by atoms with Crippen LogP contribution in [0.25, 0.3) is 11.4 Å². The van der Waals surface area contributed by atoms with Crippen molar-refractivity contribution in [2.75, 3.05) is 22.1 Å². The molecule has 0 radical (unpaired) electrons. The Morgan fingerprint density at radius 2 is 1.87 bits per heavy atom. The first-order valence-electron chi connectivity index (χ1n) is 9.69. The number of hydrogen-bond acceptors (Lipinski definition) is 8. The van der Waals surface area contributed by atoms with Crippen LogP contribution in [0.3, 0.4) is 0 Å². The molecule has 31 heavy (non-hydrogen) atoms. The molecule has 4 N–H and O–H groups in total. The summed E-state index contributed by atoms with van der Waals surface area (Å²) in [6.07, 6.45) is 3.05. The van der Waals surface area contributed by atoms with Gasteiger partial charge in [0, 0.05) is 18.2 Å². The molecule has 1 aliphatic heterocycles. The summed E-state index contributed by atoms with van der Waals surface area (Å²) in [7, 11) is 0. The third kappa shape index (κ3) is 3.67. The number of amidine groups is 2. The highest BCUT2D eigenvalue weighted by Crippen LogP contribution is 2.38. The van der Waals surface area contributed by atoms with E-state index < -0.39 is 0 Å². The standard InChI is InChI=1S/C22H21N9/c1-13-12-30(16-5-3-15(9-23)4-6-16)22-19(31(14(2)24)21(13)26)8-7-17(29-22)18-10-28-20(25)11-27-18/h3-8,10-11,13,24,26H,12H2,1-2H3,(H2,25,28)/t13-/m1/s1. The molecule has 0 saturated heterocycles. The van der Waals surface area contributed by atoms with Crippen LogP contribution in [0.5, 0.6) is 0 Å². The number of nitrogens with zero attached hydrogens (tertiary/aromatic N) is 6. The Kier molecular flexibility index (Phi) is 5.05. The van der Waals surface area contributed by atoms with Gasteiger partial charge in [0.2, 0.25) is 0 Å². The number of benzene rings is 1. The lowest BCUT2D eigenvalue weighted by atomic mass is 10.1. The minimum atomic E-state index is -0.162. The average Bonchev–Trinajstić information content (AvgIpc) is 2.88. The van der Waals surface area contributed by atoms with E-state index in [2.05, 4.69) is 16.0 Å². The highest BCUT2D eigenvalue weighted by molar-refractivity contribution is 6.19. The number of fused-ring (bicyclic) bond motifs is 1. The van der Waals surface area contributed by atoms with Crippen LogP contribution in [0.15, 0.2) is 48.8 Å². The van der Waals surface area contributed by atoms with Gasteiger partial charge in [-0.1, -0.05) is 6.92 Å². The maximum Gasteiger partial charge on any atom is 0.158 e. The highest BCUT2D eigenvalue weighted by atomic mass is 15.3. The molecule has 154 valence electrons. The summed E-state index contributed by atoms with van der Waals surface area (Å²) in [5, 5.41) is 26.1. The maximum atomic E-state index is 9.14. The molecule has 3 aromatic rings. The molecule has 9 nitrogen and oxygen atoms in total. The predicted octanol–water partition coefficient (Wildman–Crippen LogP) is 3.56. The van der Waals surface area contributed by atoms with E-state index in [4.69, 9.17) is 26.8 Å². The van der Waals surface area contributed by atoms with Crippen molar-refractivity contribution in [3.05, 3.63) is 54.4 Å². The number of anilines is 4. The van der Waals surface area contributed by atoms with Crippen molar-refractivity contribution in [1.29, 1.82) is 16.1 Å². The van der Waals surface area contributed by atoms with Gasteiger partial charge in [0.15, 0.2) is 5.82 Å². The van der Waals surface area contributed by atoms with Gasteiger partial charge in [-0.05, 0) is 43.3 Å². The van der Waals surface area contributed by atoms with Crippen LogP contribution in [0.1, 0.15) is 19.4 Å². The Hall–Kier alpha value is -4.32. The van der Waals surface area contributed by atoms with Crippen molar-refractivity contribution in [3.8, 4) is 17.5 Å². The summed E-state index contributed by atoms with van der Waals surface area (Å²) in [5.41, 5.74) is 8.89. The fraction of sp³-hybridized carbons (Fsp3) is 0.182. The topological polar surface area (TPSA) is 143 Å². The molecule has 0 unspecified atom stereocenters. The highest BCUT2D eigenvalue weighted by Gasteiger charge is 2.32. The fourth-order valence-electron chi connectivity index (χ4n) is 3.53. The zero-order valence-electron chi connectivity index (χ0n) is 17.2. The molecule has 0 bridgehead atoms. The Morgan fingerprint density at radius 3 is 2.48 bits per heavy atom. The molecule has 1 aromatic carbocycles. The van der Waals surface area contributed by atoms with Gasteiger partial charge >= 0.3 is 0 Å². The lowest BCUT2D eigenvalue weighted by Gasteiger charge is -2.26. The number of rotatable bonds is 2. The number of hydrogen-bond donors (Lipinski definition) is 3. The van der Waals surface area contributed by atoms with Gasteiger partial charge in [-0.3, -0.25) is 15.7 Å². The largest absolute Gasteiger partial charge is 0.382 e. The fourth-order valence-corrected chi connectivity index (χ4v) is 3.53. The predicted molar refractivity (Wildman–Crippen MR) is 121 cm³/mol. The average molecular weight is 411 g/mol. The first-order valence-corrected chi connectivity index (χ1v) is 9.69. The van der Waals surface area contributed by atoms with E-state index in [0.29, 0.717) is 46.7 Å². The van der Waals surface area contributed by atoms with Crippen molar-refractivity contribution in [2.45, 2.75) is 13.8 Å². The SMILES string of the molecule is CC(=N)N1C(=N)[C@H](C)CN(c2ccc(C#N)cc2)c2nc(-c3cnc(N)cn3)ccc21. The Morgan fingerprint density at radius 1 is 1.13 bits per heavy atom. The summed E-state index contributed by atoms with van der Waals surface area (Å²) < 4.78 is 0. The molecule has 1 aliphatic rings. The Labute approximate surface area is 179 Å². The van der Waals surface area contributed by atoms with Crippen molar-refractivity contribution in [1.82, 2.24) is 15.0 Å². The van der Waals surface area contributed by atoms with Gasteiger partial charge in [-0.25, -0.2) is 15.0 Å². The van der Waals surface area contributed by atoms with Crippen molar-refractivity contribution in [3.63, 3.8) is 0 Å². The summed E-state index contributed by atoms with van der Waals surface area (Å²) in [4.78, 5) is 16.9. The van der Waals surface area contributed by atoms with Crippen molar-refractivity contribution >= 4 is 34.7 Å². The third-order valence-corrected chi connectivity index (χ3v) is 5.09.